The highest BCUT2D eigenvalue weighted by Gasteiger charge is 2.19. The molecule has 0 bridgehead atoms. The zero-order valence-electron chi connectivity index (χ0n) is 16.4. The molecule has 1 aliphatic rings. The first kappa shape index (κ1) is 20.9. The van der Waals surface area contributed by atoms with Crippen molar-refractivity contribution in [3.63, 3.8) is 0 Å². The fourth-order valence-electron chi connectivity index (χ4n) is 3.25. The molecule has 2 heterocycles. The van der Waals surface area contributed by atoms with Crippen molar-refractivity contribution >= 4 is 32.4 Å². The summed E-state index contributed by atoms with van der Waals surface area (Å²) in [5.41, 5.74) is 1.35. The maximum absolute atomic E-state index is 12.4. The zero-order chi connectivity index (χ0) is 20.3. The minimum Gasteiger partial charge on any atom is -0.298 e. The number of hydrogen-bond acceptors (Lipinski definition) is 6. The van der Waals surface area contributed by atoms with Gasteiger partial charge in [-0.3, -0.25) is 15.0 Å². The van der Waals surface area contributed by atoms with Gasteiger partial charge in [0.15, 0.2) is 5.13 Å². The topological polar surface area (TPSA) is 82.6 Å². The Kier molecular flexibility index (Phi) is 6.49. The van der Waals surface area contributed by atoms with Crippen LogP contribution in [0.4, 0.5) is 5.13 Å². The summed E-state index contributed by atoms with van der Waals surface area (Å²) in [6.07, 6.45) is 2.50. The third kappa shape index (κ3) is 4.96. The first-order valence-corrected chi connectivity index (χ1v) is 11.6. The summed E-state index contributed by atoms with van der Waals surface area (Å²) in [6.45, 7) is 5.24. The summed E-state index contributed by atoms with van der Waals surface area (Å²) in [7, 11) is -0.561. The Morgan fingerprint density at radius 1 is 1.32 bits per heavy atom. The van der Waals surface area contributed by atoms with Crippen LogP contribution in [0, 0.1) is 5.92 Å². The number of amides is 1. The molecule has 1 aromatic heterocycles. The van der Waals surface area contributed by atoms with E-state index >= 15 is 0 Å². The molecule has 1 amide bonds. The number of carbonyl (C=O) groups excluding carboxylic acids is 1. The number of benzene rings is 1. The maximum atomic E-state index is 12.4. The number of hydrogen-bond donors (Lipinski definition) is 1. The molecular weight excluding hydrogens is 396 g/mol. The number of thiazole rings is 1. The van der Waals surface area contributed by atoms with Gasteiger partial charge in [0.25, 0.3) is 5.91 Å². The lowest BCUT2D eigenvalue weighted by Gasteiger charge is -2.30. The minimum absolute atomic E-state index is 0.154. The first-order chi connectivity index (χ1) is 13.3. The van der Waals surface area contributed by atoms with Gasteiger partial charge < -0.3 is 0 Å². The van der Waals surface area contributed by atoms with Crippen molar-refractivity contribution in [2.45, 2.75) is 31.2 Å². The van der Waals surface area contributed by atoms with Crippen molar-refractivity contribution < 1.29 is 13.2 Å². The molecule has 1 atom stereocenters. The van der Waals surface area contributed by atoms with Crippen molar-refractivity contribution in [2.24, 2.45) is 5.92 Å². The van der Waals surface area contributed by atoms with E-state index in [1.807, 2.05) is 5.38 Å². The zero-order valence-corrected chi connectivity index (χ0v) is 18.0. The predicted molar refractivity (Wildman–Crippen MR) is 111 cm³/mol. The lowest BCUT2D eigenvalue weighted by Crippen LogP contribution is -2.33. The van der Waals surface area contributed by atoms with Crippen LogP contribution in [-0.4, -0.2) is 55.7 Å². The van der Waals surface area contributed by atoms with Gasteiger partial charge in [-0.25, -0.2) is 17.7 Å². The van der Waals surface area contributed by atoms with Gasteiger partial charge in [0.05, 0.1) is 10.6 Å². The fraction of sp³-hybridized carbons (Fsp3) is 0.474. The first-order valence-electron chi connectivity index (χ1n) is 9.26. The van der Waals surface area contributed by atoms with Gasteiger partial charge >= 0.3 is 0 Å². The monoisotopic (exact) mass is 422 g/mol. The molecule has 28 heavy (non-hydrogen) atoms. The Hall–Kier alpha value is -1.81. The van der Waals surface area contributed by atoms with Crippen molar-refractivity contribution in [1.29, 1.82) is 0 Å². The van der Waals surface area contributed by atoms with E-state index in [0.29, 0.717) is 16.6 Å². The Bertz CT molecular complexity index is 923. The van der Waals surface area contributed by atoms with Gasteiger partial charge in [0, 0.05) is 38.1 Å². The van der Waals surface area contributed by atoms with E-state index in [0.717, 1.165) is 29.6 Å². The Morgan fingerprint density at radius 2 is 2.04 bits per heavy atom. The SMILES string of the molecule is CC1CCCN(Cc2csc(NC(=O)c3ccc(S(=O)(=O)N(C)C)cc3)n2)C1. The van der Waals surface area contributed by atoms with E-state index in [-0.39, 0.29) is 10.8 Å². The quantitative estimate of drug-likeness (QED) is 0.774. The summed E-state index contributed by atoms with van der Waals surface area (Å²) in [4.78, 5) is 19.5. The lowest BCUT2D eigenvalue weighted by molar-refractivity contribution is 0.102. The molecule has 0 aliphatic carbocycles. The maximum Gasteiger partial charge on any atom is 0.257 e. The van der Waals surface area contributed by atoms with Crippen LogP contribution in [0.3, 0.4) is 0 Å². The molecule has 3 rings (SSSR count). The number of rotatable bonds is 6. The molecule has 0 saturated carbocycles. The smallest absolute Gasteiger partial charge is 0.257 e. The molecule has 2 aromatic rings. The van der Waals surface area contributed by atoms with E-state index in [9.17, 15) is 13.2 Å². The van der Waals surface area contributed by atoms with Crippen LogP contribution in [-0.2, 0) is 16.6 Å². The Labute approximate surface area is 170 Å². The minimum atomic E-state index is -3.51. The average Bonchev–Trinajstić information content (AvgIpc) is 3.08. The fourth-order valence-corrected chi connectivity index (χ4v) is 4.85. The Morgan fingerprint density at radius 3 is 2.68 bits per heavy atom. The number of likely N-dealkylation sites (tertiary alicyclic amines) is 1. The van der Waals surface area contributed by atoms with Crippen molar-refractivity contribution in [1.82, 2.24) is 14.2 Å². The normalized spacial score (nSPS) is 18.4. The number of anilines is 1. The van der Waals surface area contributed by atoms with E-state index in [2.05, 4.69) is 22.1 Å². The number of nitrogens with one attached hydrogen (secondary N) is 1. The van der Waals surface area contributed by atoms with Crippen LogP contribution >= 0.6 is 11.3 Å². The lowest BCUT2D eigenvalue weighted by atomic mass is 10.0. The number of sulfonamides is 1. The number of piperidine rings is 1. The molecule has 152 valence electrons. The number of nitrogens with zero attached hydrogens (tertiary/aromatic N) is 3. The van der Waals surface area contributed by atoms with Gasteiger partial charge in [-0.1, -0.05) is 6.92 Å². The molecular formula is C19H26N4O3S2. The highest BCUT2D eigenvalue weighted by molar-refractivity contribution is 7.89. The average molecular weight is 423 g/mol. The highest BCUT2D eigenvalue weighted by atomic mass is 32.2. The van der Waals surface area contributed by atoms with Crippen LogP contribution in [0.1, 0.15) is 35.8 Å². The Balaban J connectivity index is 1.61. The summed E-state index contributed by atoms with van der Waals surface area (Å²) >= 11 is 1.40. The van der Waals surface area contributed by atoms with Crippen molar-refractivity contribution in [2.75, 3.05) is 32.5 Å². The molecule has 1 fully saturated rings. The van der Waals surface area contributed by atoms with Crippen LogP contribution in [0.2, 0.25) is 0 Å². The van der Waals surface area contributed by atoms with E-state index in [1.165, 1.54) is 62.5 Å². The van der Waals surface area contributed by atoms with Gasteiger partial charge in [-0.2, -0.15) is 0 Å². The third-order valence-electron chi connectivity index (χ3n) is 4.79. The summed E-state index contributed by atoms with van der Waals surface area (Å²) < 4.78 is 25.3. The van der Waals surface area contributed by atoms with Crippen LogP contribution in [0.5, 0.6) is 0 Å². The molecule has 1 unspecified atom stereocenters. The summed E-state index contributed by atoms with van der Waals surface area (Å²) in [6, 6.07) is 5.90. The van der Waals surface area contributed by atoms with Crippen molar-refractivity contribution in [3.05, 3.63) is 40.9 Å². The highest BCUT2D eigenvalue weighted by Crippen LogP contribution is 2.22. The second-order valence-electron chi connectivity index (χ2n) is 7.39. The van der Waals surface area contributed by atoms with Gasteiger partial charge in [-0.15, -0.1) is 11.3 Å². The number of aromatic nitrogens is 1. The third-order valence-corrected chi connectivity index (χ3v) is 7.43. The largest absolute Gasteiger partial charge is 0.298 e. The van der Waals surface area contributed by atoms with Crippen molar-refractivity contribution in [3.8, 4) is 0 Å². The van der Waals surface area contributed by atoms with Gasteiger partial charge in [-0.05, 0) is 49.6 Å². The van der Waals surface area contributed by atoms with Crippen LogP contribution in [0.15, 0.2) is 34.5 Å². The van der Waals surface area contributed by atoms with Gasteiger partial charge in [0.2, 0.25) is 10.0 Å². The predicted octanol–water partition coefficient (Wildman–Crippen LogP) is 2.88. The van der Waals surface area contributed by atoms with E-state index in [1.54, 1.807) is 0 Å². The molecule has 1 aromatic carbocycles. The van der Waals surface area contributed by atoms with E-state index in [4.69, 9.17) is 0 Å². The molecule has 1 N–H and O–H groups in total. The van der Waals surface area contributed by atoms with Gasteiger partial charge in [0.1, 0.15) is 0 Å². The standard InChI is InChI=1S/C19H26N4O3S2/c1-14-5-4-10-23(11-14)12-16-13-27-19(20-16)21-18(24)15-6-8-17(9-7-15)28(25,26)22(2)3/h6-9,13-14H,4-5,10-12H2,1-3H3,(H,20,21,24). The summed E-state index contributed by atoms with van der Waals surface area (Å²) in [5, 5.41) is 5.32. The molecule has 1 saturated heterocycles. The summed E-state index contributed by atoms with van der Waals surface area (Å²) in [5.74, 6) is 0.409. The molecule has 1 aliphatic heterocycles. The van der Waals surface area contributed by atoms with Crippen LogP contribution in [0.25, 0.3) is 0 Å². The van der Waals surface area contributed by atoms with E-state index < -0.39 is 10.0 Å². The molecule has 7 nitrogen and oxygen atoms in total. The second kappa shape index (κ2) is 8.69. The molecule has 0 spiro atoms. The second-order valence-corrected chi connectivity index (χ2v) is 10.4. The number of carbonyl (C=O) groups is 1. The van der Waals surface area contributed by atoms with Crippen LogP contribution < -0.4 is 5.32 Å². The molecule has 9 heteroatoms. The molecule has 0 radical (unpaired) electrons.